The molecule has 0 aromatic heterocycles. The van der Waals surface area contributed by atoms with Crippen molar-refractivity contribution in [3.05, 3.63) is 58.7 Å². The van der Waals surface area contributed by atoms with E-state index < -0.39 is 51.8 Å². The fourth-order valence-corrected chi connectivity index (χ4v) is 2.18. The first kappa shape index (κ1) is 18.3. The lowest BCUT2D eigenvalue weighted by atomic mass is 9.94. The maximum Gasteiger partial charge on any atom is 0.338 e. The summed E-state index contributed by atoms with van der Waals surface area (Å²) < 4.78 is 0. The molecule has 0 aliphatic heterocycles. The fourth-order valence-electron chi connectivity index (χ4n) is 2.18. The summed E-state index contributed by atoms with van der Waals surface area (Å²) in [6.07, 6.45) is 0. The van der Waals surface area contributed by atoms with Gasteiger partial charge < -0.3 is 20.4 Å². The van der Waals surface area contributed by atoms with Crippen LogP contribution < -0.4 is 0 Å². The third-order valence-electron chi connectivity index (χ3n) is 3.21. The van der Waals surface area contributed by atoms with Crippen molar-refractivity contribution in [2.24, 2.45) is 10.2 Å². The Morgan fingerprint density at radius 2 is 1.19 bits per heavy atom. The van der Waals surface area contributed by atoms with Crippen LogP contribution in [0.2, 0.25) is 0 Å². The summed E-state index contributed by atoms with van der Waals surface area (Å²) in [6, 6.07) is 8.62. The van der Waals surface area contributed by atoms with Crippen molar-refractivity contribution >= 4 is 35.3 Å². The number of hydrogen-bond donors (Lipinski definition) is 4. The number of carbonyl (C=O) groups is 4. The zero-order valence-electron chi connectivity index (χ0n) is 12.8. The number of azo groups is 1. The van der Waals surface area contributed by atoms with E-state index in [9.17, 15) is 39.6 Å². The van der Waals surface area contributed by atoms with Crippen molar-refractivity contribution in [1.82, 2.24) is 0 Å². The number of carboxylic acid groups (broad SMARTS) is 4. The molecule has 26 heavy (non-hydrogen) atoms. The van der Waals surface area contributed by atoms with Crippen molar-refractivity contribution in [2.45, 2.75) is 0 Å². The largest absolute Gasteiger partial charge is 0.478 e. The van der Waals surface area contributed by atoms with Gasteiger partial charge in [0.25, 0.3) is 0 Å². The minimum absolute atomic E-state index is 0.292. The van der Waals surface area contributed by atoms with Crippen molar-refractivity contribution in [3.8, 4) is 0 Å². The number of hydrogen-bond acceptors (Lipinski definition) is 6. The van der Waals surface area contributed by atoms with Crippen LogP contribution in [0.5, 0.6) is 0 Å². The minimum atomic E-state index is -1.92. The van der Waals surface area contributed by atoms with Crippen LogP contribution in [-0.2, 0) is 0 Å². The first-order valence-electron chi connectivity index (χ1n) is 6.85. The normalized spacial score (nSPS) is 10.6. The lowest BCUT2D eigenvalue weighted by Gasteiger charge is -2.11. The highest BCUT2D eigenvalue weighted by Crippen LogP contribution is 2.31. The van der Waals surface area contributed by atoms with Crippen molar-refractivity contribution in [3.63, 3.8) is 0 Å². The average molecular weight is 358 g/mol. The van der Waals surface area contributed by atoms with Crippen molar-refractivity contribution < 1.29 is 39.6 Å². The summed E-state index contributed by atoms with van der Waals surface area (Å²) in [7, 11) is 0. The molecule has 10 heteroatoms. The lowest BCUT2D eigenvalue weighted by molar-refractivity contribution is 0.0620. The quantitative estimate of drug-likeness (QED) is 0.570. The monoisotopic (exact) mass is 358 g/mol. The molecule has 132 valence electrons. The summed E-state index contributed by atoms with van der Waals surface area (Å²) in [5.41, 5.74) is -4.53. The van der Waals surface area contributed by atoms with Gasteiger partial charge in [-0.05, 0) is 18.2 Å². The van der Waals surface area contributed by atoms with E-state index >= 15 is 0 Å². The van der Waals surface area contributed by atoms with Crippen LogP contribution in [0.4, 0.5) is 11.4 Å². The highest BCUT2D eigenvalue weighted by molar-refractivity contribution is 6.16. The number of aromatic carboxylic acids is 4. The fraction of sp³-hybridized carbons (Fsp3) is 0. The summed E-state index contributed by atoms with van der Waals surface area (Å²) >= 11 is 0. The first-order valence-corrected chi connectivity index (χ1v) is 6.85. The maximum atomic E-state index is 11.5. The Bertz CT molecular complexity index is 950. The molecule has 2 aromatic carbocycles. The molecule has 0 amide bonds. The molecular weight excluding hydrogens is 348 g/mol. The van der Waals surface area contributed by atoms with Gasteiger partial charge in [0, 0.05) is 0 Å². The number of carboxylic acids is 4. The zero-order chi connectivity index (χ0) is 19.4. The summed E-state index contributed by atoms with van der Waals surface area (Å²) in [5.74, 6) is -7.35. The van der Waals surface area contributed by atoms with Gasteiger partial charge in [0.05, 0.1) is 22.4 Å². The van der Waals surface area contributed by atoms with Crippen LogP contribution in [0.3, 0.4) is 0 Å². The van der Waals surface area contributed by atoms with E-state index in [0.717, 1.165) is 0 Å². The van der Waals surface area contributed by atoms with Gasteiger partial charge in [-0.25, -0.2) is 19.2 Å². The van der Waals surface area contributed by atoms with Crippen molar-refractivity contribution in [2.75, 3.05) is 0 Å². The molecule has 4 N–H and O–H groups in total. The highest BCUT2D eigenvalue weighted by atomic mass is 16.4. The van der Waals surface area contributed by atoms with E-state index in [-0.39, 0.29) is 0 Å². The number of rotatable bonds is 6. The van der Waals surface area contributed by atoms with E-state index in [1.807, 2.05) is 0 Å². The standard InChI is InChI=1S/C16H10N2O8/c19-13(20)8-6-9(18-17-7-4-2-1-3-5-7)11(15(23)24)12(16(25)26)10(8)14(21)22/h1-6H,(H,19,20)(H,21,22)(H,23,24)(H,25,26). The third-order valence-corrected chi connectivity index (χ3v) is 3.21. The third kappa shape index (κ3) is 3.53. The Morgan fingerprint density at radius 3 is 1.65 bits per heavy atom. The van der Waals surface area contributed by atoms with Gasteiger partial charge in [0.15, 0.2) is 0 Å². The molecule has 0 heterocycles. The van der Waals surface area contributed by atoms with Gasteiger partial charge in [-0.1, -0.05) is 18.2 Å². The maximum absolute atomic E-state index is 11.5. The van der Waals surface area contributed by atoms with Crippen LogP contribution in [0.1, 0.15) is 41.4 Å². The summed E-state index contributed by atoms with van der Waals surface area (Å²) in [5, 5.41) is 44.3. The molecule has 0 aliphatic rings. The molecule has 0 spiro atoms. The van der Waals surface area contributed by atoms with E-state index in [0.29, 0.717) is 11.8 Å². The Labute approximate surface area is 144 Å². The molecule has 0 saturated heterocycles. The molecule has 0 fully saturated rings. The zero-order valence-corrected chi connectivity index (χ0v) is 12.8. The minimum Gasteiger partial charge on any atom is -0.478 e. The van der Waals surface area contributed by atoms with Crippen LogP contribution in [0, 0.1) is 0 Å². The van der Waals surface area contributed by atoms with Gasteiger partial charge in [-0.15, -0.1) is 5.11 Å². The van der Waals surface area contributed by atoms with Crippen LogP contribution in [0.15, 0.2) is 46.6 Å². The number of nitrogens with zero attached hydrogens (tertiary/aromatic N) is 2. The molecule has 0 bridgehead atoms. The topological polar surface area (TPSA) is 174 Å². The summed E-state index contributed by atoms with van der Waals surface area (Å²) in [4.78, 5) is 45.6. The van der Waals surface area contributed by atoms with Crippen LogP contribution >= 0.6 is 0 Å². The smallest absolute Gasteiger partial charge is 0.338 e. The second-order valence-electron chi connectivity index (χ2n) is 4.82. The number of benzene rings is 2. The van der Waals surface area contributed by atoms with Gasteiger partial charge in [-0.3, -0.25) is 0 Å². The van der Waals surface area contributed by atoms with E-state index in [4.69, 9.17) is 0 Å². The molecule has 0 radical (unpaired) electrons. The highest BCUT2D eigenvalue weighted by Gasteiger charge is 2.32. The van der Waals surface area contributed by atoms with Crippen LogP contribution in [0.25, 0.3) is 0 Å². The molecule has 2 rings (SSSR count). The Hall–Kier alpha value is -4.08. The molecule has 0 aliphatic carbocycles. The van der Waals surface area contributed by atoms with Crippen LogP contribution in [-0.4, -0.2) is 44.3 Å². The Kier molecular flexibility index (Phi) is 5.07. The second kappa shape index (κ2) is 7.21. The molecule has 0 atom stereocenters. The SMILES string of the molecule is O=C(O)c1cc(N=Nc2ccccc2)c(C(=O)O)c(C(=O)O)c1C(=O)O. The molecular formula is C16H10N2O8. The predicted molar refractivity (Wildman–Crippen MR) is 84.9 cm³/mol. The lowest BCUT2D eigenvalue weighted by Crippen LogP contribution is -2.19. The van der Waals surface area contributed by atoms with E-state index in [1.54, 1.807) is 18.2 Å². The molecule has 0 unspecified atom stereocenters. The Balaban J connectivity index is 2.85. The first-order chi connectivity index (χ1) is 12.2. The summed E-state index contributed by atoms with van der Waals surface area (Å²) in [6.45, 7) is 0. The molecule has 10 nitrogen and oxygen atoms in total. The Morgan fingerprint density at radius 1 is 0.654 bits per heavy atom. The molecule has 2 aromatic rings. The average Bonchev–Trinajstić information content (AvgIpc) is 2.58. The van der Waals surface area contributed by atoms with Gasteiger partial charge in [0.1, 0.15) is 11.3 Å². The predicted octanol–water partition coefficient (Wildman–Crippen LogP) is 2.89. The second-order valence-corrected chi connectivity index (χ2v) is 4.82. The van der Waals surface area contributed by atoms with Gasteiger partial charge >= 0.3 is 23.9 Å². The van der Waals surface area contributed by atoms with Gasteiger partial charge in [0.2, 0.25) is 0 Å². The van der Waals surface area contributed by atoms with E-state index in [1.165, 1.54) is 12.1 Å². The van der Waals surface area contributed by atoms with Crippen molar-refractivity contribution in [1.29, 1.82) is 0 Å². The molecule has 0 saturated carbocycles. The van der Waals surface area contributed by atoms with Gasteiger partial charge in [-0.2, -0.15) is 5.11 Å². The van der Waals surface area contributed by atoms with E-state index in [2.05, 4.69) is 10.2 Å².